The number of hydrogen-bond donors (Lipinski definition) is 0. The zero-order valence-electron chi connectivity index (χ0n) is 18.3. The Balaban J connectivity index is 0.00000274. The molecule has 3 aromatic heterocycles. The van der Waals surface area contributed by atoms with Gasteiger partial charge in [-0.25, -0.2) is 0 Å². The van der Waals surface area contributed by atoms with Crippen LogP contribution in [0.25, 0.3) is 10.9 Å². The van der Waals surface area contributed by atoms with E-state index >= 15 is 0 Å². The Morgan fingerprint density at radius 1 is 1.00 bits per heavy atom. The maximum Gasteiger partial charge on any atom is 0.283 e. The van der Waals surface area contributed by atoms with E-state index in [1.54, 1.807) is 17.0 Å². The molecule has 4 aromatic rings. The van der Waals surface area contributed by atoms with Crippen molar-refractivity contribution in [3.05, 3.63) is 92.0 Å². The maximum atomic E-state index is 13.4. The fraction of sp³-hybridized carbons (Fsp3) is 0.208. The van der Waals surface area contributed by atoms with Crippen molar-refractivity contribution in [3.8, 4) is 0 Å². The van der Waals surface area contributed by atoms with Crippen molar-refractivity contribution in [1.82, 2.24) is 14.5 Å². The minimum Gasteiger partial charge on any atom is -0.365 e. The van der Waals surface area contributed by atoms with Crippen LogP contribution in [-0.2, 0) is 6.54 Å². The molecule has 0 N–H and O–H groups in total. The molecule has 1 aliphatic heterocycles. The molecule has 5 rings (SSSR count). The molecule has 1 amide bonds. The predicted molar refractivity (Wildman–Crippen MR) is 129 cm³/mol. The molecule has 0 unspecified atom stereocenters. The number of carbonyl (C=O) groups is 1. The first-order chi connectivity index (χ1) is 16.2. The number of para-hydroxylation sites is 1. The van der Waals surface area contributed by atoms with E-state index in [9.17, 15) is 14.5 Å². The van der Waals surface area contributed by atoms with Crippen LogP contribution in [0, 0.1) is 36.0 Å². The normalized spacial score (nSPS) is 13.5. The van der Waals surface area contributed by atoms with Crippen molar-refractivity contribution in [2.24, 2.45) is 5.18 Å². The van der Waals surface area contributed by atoms with Crippen LogP contribution in [0.15, 0.2) is 76.3 Å². The third kappa shape index (κ3) is 4.58. The van der Waals surface area contributed by atoms with Crippen LogP contribution in [0.2, 0.25) is 0 Å². The second-order valence-electron chi connectivity index (χ2n) is 7.81. The Morgan fingerprint density at radius 2 is 1.74 bits per heavy atom. The maximum absolute atomic E-state index is 13.4. The summed E-state index contributed by atoms with van der Waals surface area (Å²) in [5, 5.41) is 5.85. The molecule has 0 atom stereocenters. The molecule has 170 valence electrons. The summed E-state index contributed by atoms with van der Waals surface area (Å²) in [4.78, 5) is 46.5. The minimum atomic E-state index is -0.424. The molecule has 8 nitrogen and oxygen atoms in total. The van der Waals surface area contributed by atoms with Crippen LogP contribution in [0.3, 0.4) is 0 Å². The largest absolute Gasteiger partial charge is 0.365 e. The van der Waals surface area contributed by atoms with Crippen LogP contribution >= 0.6 is 11.3 Å². The van der Waals surface area contributed by atoms with Crippen molar-refractivity contribution >= 4 is 39.5 Å². The molecule has 0 radical (unpaired) electrons. The van der Waals surface area contributed by atoms with Gasteiger partial charge >= 0.3 is 0 Å². The van der Waals surface area contributed by atoms with Crippen molar-refractivity contribution in [2.45, 2.75) is 6.54 Å². The molecule has 0 spiro atoms. The molecule has 0 saturated carbocycles. The number of carbonyl (C=O) groups excluding carboxylic acids is 1. The van der Waals surface area contributed by atoms with Gasteiger partial charge in [0.2, 0.25) is 0 Å². The van der Waals surface area contributed by atoms with Crippen LogP contribution in [-0.4, -0.2) is 46.5 Å². The standard InChI is InChI=1S/C24H21N5O3S.U/c30-23(20-6-3-15-33-20)28-13-11-27(12-14-28)22-18-4-1-2-5-19(18)29(24(31)21(22)26-32)16-17-7-9-25-10-8-17;/h1-10,15H,11-14,16H2;. The molecule has 1 aromatic carbocycles. The monoisotopic (exact) mass is 697 g/mol. The summed E-state index contributed by atoms with van der Waals surface area (Å²) in [7, 11) is 0. The third-order valence-electron chi connectivity index (χ3n) is 5.92. The summed E-state index contributed by atoms with van der Waals surface area (Å²) in [6.45, 7) is 2.34. The van der Waals surface area contributed by atoms with Gasteiger partial charge in [0.05, 0.1) is 22.6 Å². The van der Waals surface area contributed by atoms with E-state index in [2.05, 4.69) is 10.2 Å². The molecule has 1 aliphatic rings. The summed E-state index contributed by atoms with van der Waals surface area (Å²) in [5.74, 6) is 0.0102. The van der Waals surface area contributed by atoms with E-state index in [1.807, 2.05) is 63.7 Å². The van der Waals surface area contributed by atoms with Gasteiger partial charge in [0.25, 0.3) is 11.5 Å². The third-order valence-corrected chi connectivity index (χ3v) is 6.78. The number of amides is 1. The van der Waals surface area contributed by atoms with Crippen molar-refractivity contribution in [1.29, 1.82) is 0 Å². The zero-order valence-corrected chi connectivity index (χ0v) is 23.2. The number of hydrogen-bond acceptors (Lipinski definition) is 7. The van der Waals surface area contributed by atoms with Crippen LogP contribution in [0.5, 0.6) is 0 Å². The van der Waals surface area contributed by atoms with Crippen LogP contribution < -0.4 is 10.5 Å². The number of thiophene rings is 1. The van der Waals surface area contributed by atoms with Crippen molar-refractivity contribution < 1.29 is 35.9 Å². The Hall–Kier alpha value is -2.80. The molecule has 10 heteroatoms. The van der Waals surface area contributed by atoms with Crippen LogP contribution in [0.1, 0.15) is 15.2 Å². The van der Waals surface area contributed by atoms with Gasteiger partial charge in [-0.1, -0.05) is 24.3 Å². The number of anilines is 1. The molecular weight excluding hydrogens is 676 g/mol. The number of nitrogens with zero attached hydrogens (tertiary/aromatic N) is 5. The average Bonchev–Trinajstić information content (AvgIpc) is 3.41. The summed E-state index contributed by atoms with van der Waals surface area (Å²) in [6, 6.07) is 14.9. The molecule has 34 heavy (non-hydrogen) atoms. The van der Waals surface area contributed by atoms with E-state index in [0.29, 0.717) is 43.3 Å². The first-order valence-corrected chi connectivity index (χ1v) is 11.5. The van der Waals surface area contributed by atoms with Gasteiger partial charge in [0.1, 0.15) is 0 Å². The number of piperazine rings is 1. The molecular formula is C24H21N5O3SU. The molecule has 4 heterocycles. The quantitative estimate of drug-likeness (QED) is 0.296. The Bertz CT molecular complexity index is 1370. The molecule has 0 bridgehead atoms. The van der Waals surface area contributed by atoms with Gasteiger partial charge in [0.15, 0.2) is 5.69 Å². The summed E-state index contributed by atoms with van der Waals surface area (Å²) < 4.78 is 1.58. The fourth-order valence-corrected chi connectivity index (χ4v) is 4.99. The van der Waals surface area contributed by atoms with E-state index in [1.165, 1.54) is 11.3 Å². The van der Waals surface area contributed by atoms with Crippen molar-refractivity contribution in [3.63, 3.8) is 0 Å². The number of benzene rings is 1. The number of fused-ring (bicyclic) bond motifs is 1. The first-order valence-electron chi connectivity index (χ1n) is 10.6. The van der Waals surface area contributed by atoms with Gasteiger partial charge < -0.3 is 14.4 Å². The second-order valence-corrected chi connectivity index (χ2v) is 8.76. The van der Waals surface area contributed by atoms with Gasteiger partial charge in [-0.05, 0) is 40.4 Å². The molecule has 0 aliphatic carbocycles. The SMILES string of the molecule is O=Nc1c(N2CCN(C(=O)c3cccs3)CC2)c2ccccc2n(Cc2ccncc2)c1=O.[U]. The Labute approximate surface area is 223 Å². The average molecular weight is 698 g/mol. The van der Waals surface area contributed by atoms with E-state index in [0.717, 1.165) is 16.5 Å². The first kappa shape index (κ1) is 24.3. The Kier molecular flexibility index (Phi) is 7.61. The topological polar surface area (TPSA) is 87.9 Å². The van der Waals surface area contributed by atoms with Gasteiger partial charge in [0, 0.05) is 75.1 Å². The summed E-state index contributed by atoms with van der Waals surface area (Å²) in [5.41, 5.74) is 1.66. The Morgan fingerprint density at radius 3 is 2.41 bits per heavy atom. The second kappa shape index (κ2) is 10.6. The fourth-order valence-electron chi connectivity index (χ4n) is 4.29. The van der Waals surface area contributed by atoms with Gasteiger partial charge in [-0.2, -0.15) is 0 Å². The van der Waals surface area contributed by atoms with Crippen LogP contribution in [0.4, 0.5) is 11.4 Å². The van der Waals surface area contributed by atoms with E-state index in [4.69, 9.17) is 0 Å². The summed E-state index contributed by atoms with van der Waals surface area (Å²) >= 11 is 1.42. The summed E-state index contributed by atoms with van der Waals surface area (Å²) in [6.07, 6.45) is 3.35. The number of pyridine rings is 2. The number of nitroso groups, excluding NO2 is 1. The molecule has 1 fully saturated rings. The van der Waals surface area contributed by atoms with Gasteiger partial charge in [-0.15, -0.1) is 16.2 Å². The predicted octanol–water partition coefficient (Wildman–Crippen LogP) is 3.87. The minimum absolute atomic E-state index is 0. The van der Waals surface area contributed by atoms with Gasteiger partial charge in [-0.3, -0.25) is 14.6 Å². The van der Waals surface area contributed by atoms with Crippen molar-refractivity contribution in [2.75, 3.05) is 31.1 Å². The van der Waals surface area contributed by atoms with E-state index in [-0.39, 0.29) is 42.7 Å². The number of aromatic nitrogens is 2. The van der Waals surface area contributed by atoms with E-state index < -0.39 is 5.56 Å². The zero-order chi connectivity index (χ0) is 22.8. The number of rotatable bonds is 5. The molecule has 1 saturated heterocycles. The smallest absolute Gasteiger partial charge is 0.283 e.